The van der Waals surface area contributed by atoms with E-state index in [-0.39, 0.29) is 0 Å². The molecule has 0 spiro atoms. The fourth-order valence-electron chi connectivity index (χ4n) is 4.86. The first-order valence-corrected chi connectivity index (χ1v) is 11.3. The fourth-order valence-corrected chi connectivity index (χ4v) is 4.86. The molecule has 0 unspecified atom stereocenters. The lowest BCUT2D eigenvalue weighted by atomic mass is 9.90. The maximum Gasteiger partial charge on any atom is 0.158 e. The third-order valence-electron chi connectivity index (χ3n) is 6.38. The molecule has 0 radical (unpaired) electrons. The van der Waals surface area contributed by atoms with Gasteiger partial charge in [0.25, 0.3) is 0 Å². The van der Waals surface area contributed by atoms with Gasteiger partial charge in [0.05, 0.1) is 17.4 Å². The third-order valence-corrected chi connectivity index (χ3v) is 6.38. The molecule has 1 aromatic carbocycles. The number of fused-ring (bicyclic) bond motifs is 4. The van der Waals surface area contributed by atoms with Crippen molar-refractivity contribution in [1.82, 2.24) is 14.9 Å². The fraction of sp³-hybridized carbons (Fsp3) is 0.385. The van der Waals surface area contributed by atoms with E-state index in [1.165, 1.54) is 42.3 Å². The summed E-state index contributed by atoms with van der Waals surface area (Å²) in [6, 6.07) is 15.0. The molecule has 3 heterocycles. The van der Waals surface area contributed by atoms with E-state index < -0.39 is 0 Å². The molecule has 0 amide bonds. The molecule has 1 aliphatic carbocycles. The molecule has 1 atom stereocenters. The highest BCUT2D eigenvalue weighted by atomic mass is 16.3. The Hall–Kier alpha value is -2.72. The largest absolute Gasteiger partial charge is 0.454 e. The molecule has 154 valence electrons. The van der Waals surface area contributed by atoms with Gasteiger partial charge in [-0.3, -0.25) is 14.9 Å². The lowest BCUT2D eigenvalue weighted by molar-refractivity contribution is 0.161. The predicted octanol–water partition coefficient (Wildman–Crippen LogP) is 6.45. The molecule has 0 fully saturated rings. The van der Waals surface area contributed by atoms with Crippen LogP contribution in [0.15, 0.2) is 59.3 Å². The van der Waals surface area contributed by atoms with Crippen molar-refractivity contribution in [3.63, 3.8) is 0 Å². The van der Waals surface area contributed by atoms with Gasteiger partial charge in [0, 0.05) is 29.7 Å². The summed E-state index contributed by atoms with van der Waals surface area (Å²) in [5.41, 5.74) is 5.56. The maximum atomic E-state index is 6.26. The molecule has 0 saturated carbocycles. The average molecular weight is 400 g/mol. The summed E-state index contributed by atoms with van der Waals surface area (Å²) in [5, 5.41) is 2.32. The Kier molecular flexibility index (Phi) is 5.50. The van der Waals surface area contributed by atoms with Gasteiger partial charge in [-0.1, -0.05) is 44.0 Å². The van der Waals surface area contributed by atoms with Gasteiger partial charge >= 0.3 is 0 Å². The smallest absolute Gasteiger partial charge is 0.158 e. The summed E-state index contributed by atoms with van der Waals surface area (Å²) < 4.78 is 6.26. The van der Waals surface area contributed by atoms with Crippen LogP contribution in [0.5, 0.6) is 0 Å². The van der Waals surface area contributed by atoms with Crippen LogP contribution >= 0.6 is 0 Å². The molecule has 4 nitrogen and oxygen atoms in total. The van der Waals surface area contributed by atoms with Crippen LogP contribution in [0.2, 0.25) is 0 Å². The minimum Gasteiger partial charge on any atom is -0.454 e. The first-order valence-electron chi connectivity index (χ1n) is 11.3. The van der Waals surface area contributed by atoms with Crippen molar-refractivity contribution in [2.45, 2.75) is 58.0 Å². The summed E-state index contributed by atoms with van der Waals surface area (Å²) in [6.07, 6.45) is 11.1. The van der Waals surface area contributed by atoms with Gasteiger partial charge in [0.15, 0.2) is 5.58 Å². The predicted molar refractivity (Wildman–Crippen MR) is 121 cm³/mol. The normalized spacial score (nSPS) is 16.4. The Morgan fingerprint density at radius 3 is 2.87 bits per heavy atom. The van der Waals surface area contributed by atoms with E-state index in [1.807, 2.05) is 24.5 Å². The van der Waals surface area contributed by atoms with Crippen molar-refractivity contribution in [3.05, 3.63) is 71.8 Å². The summed E-state index contributed by atoms with van der Waals surface area (Å²) in [4.78, 5) is 12.2. The lowest BCUT2D eigenvalue weighted by Gasteiger charge is -2.35. The van der Waals surface area contributed by atoms with E-state index in [2.05, 4.69) is 42.2 Å². The highest BCUT2D eigenvalue weighted by Gasteiger charge is 2.28. The number of nitrogens with zero attached hydrogens (tertiary/aromatic N) is 3. The number of hydrogen-bond acceptors (Lipinski definition) is 4. The molecular formula is C26H29N3O. The van der Waals surface area contributed by atoms with Crippen LogP contribution in [0.1, 0.15) is 62.0 Å². The third kappa shape index (κ3) is 3.61. The second-order valence-electron chi connectivity index (χ2n) is 8.37. The Morgan fingerprint density at radius 2 is 1.93 bits per heavy atom. The number of rotatable bonds is 7. The molecular weight excluding hydrogens is 370 g/mol. The average Bonchev–Trinajstić information content (AvgIpc) is 3.18. The van der Waals surface area contributed by atoms with Gasteiger partial charge in [0.2, 0.25) is 0 Å². The van der Waals surface area contributed by atoms with Gasteiger partial charge in [-0.15, -0.1) is 0 Å². The number of unbranched alkanes of at least 4 members (excludes halogenated alkanes) is 2. The minimum atomic E-state index is 0.355. The SMILES string of the molecule is CCCCCN(Cc1nccc2c1oc1ccccc12)[C@H]1CCCc2cccnc21. The van der Waals surface area contributed by atoms with Crippen molar-refractivity contribution >= 4 is 21.9 Å². The van der Waals surface area contributed by atoms with Crippen LogP contribution in [0, 0.1) is 0 Å². The van der Waals surface area contributed by atoms with Crippen molar-refractivity contribution < 1.29 is 4.42 Å². The van der Waals surface area contributed by atoms with Gasteiger partial charge in [-0.05, 0) is 56.0 Å². The summed E-state index contributed by atoms with van der Waals surface area (Å²) in [6.45, 7) is 4.12. The van der Waals surface area contributed by atoms with Crippen LogP contribution in [-0.4, -0.2) is 21.4 Å². The van der Waals surface area contributed by atoms with E-state index in [0.29, 0.717) is 6.04 Å². The van der Waals surface area contributed by atoms with Gasteiger partial charge < -0.3 is 4.42 Å². The van der Waals surface area contributed by atoms with E-state index >= 15 is 0 Å². The maximum absolute atomic E-state index is 6.26. The monoisotopic (exact) mass is 399 g/mol. The number of pyridine rings is 2. The topological polar surface area (TPSA) is 42.2 Å². The van der Waals surface area contributed by atoms with Crippen LogP contribution in [0.25, 0.3) is 21.9 Å². The van der Waals surface area contributed by atoms with Crippen LogP contribution in [0.4, 0.5) is 0 Å². The van der Waals surface area contributed by atoms with E-state index in [1.54, 1.807) is 0 Å². The minimum absolute atomic E-state index is 0.355. The summed E-state index contributed by atoms with van der Waals surface area (Å²) in [5.74, 6) is 0. The molecule has 3 aromatic heterocycles. The Balaban J connectivity index is 1.52. The standard InChI is InChI=1S/C26H29N3O/c1-2-3-6-17-29(23-12-7-9-19-10-8-15-28-25(19)23)18-22-26-21(14-16-27-22)20-11-4-5-13-24(20)30-26/h4-5,8,10-11,13-16,23H,2-3,6-7,9,12,17-18H2,1H3/t23-/m0/s1. The molecule has 4 aromatic rings. The van der Waals surface area contributed by atoms with Crippen molar-refractivity contribution in [1.29, 1.82) is 0 Å². The number of aryl methyl sites for hydroxylation is 1. The second kappa shape index (κ2) is 8.57. The van der Waals surface area contributed by atoms with Gasteiger partial charge in [-0.25, -0.2) is 0 Å². The van der Waals surface area contributed by atoms with Crippen molar-refractivity contribution in [2.24, 2.45) is 0 Å². The Labute approximate surface area is 177 Å². The number of benzene rings is 1. The van der Waals surface area contributed by atoms with E-state index in [9.17, 15) is 0 Å². The van der Waals surface area contributed by atoms with E-state index in [4.69, 9.17) is 14.4 Å². The molecule has 0 N–H and O–H groups in total. The number of hydrogen-bond donors (Lipinski definition) is 0. The quantitative estimate of drug-likeness (QED) is 0.335. The molecule has 0 saturated heterocycles. The molecule has 30 heavy (non-hydrogen) atoms. The van der Waals surface area contributed by atoms with Gasteiger partial charge in [-0.2, -0.15) is 0 Å². The number of aromatic nitrogens is 2. The lowest BCUT2D eigenvalue weighted by Crippen LogP contribution is -2.33. The van der Waals surface area contributed by atoms with Crippen molar-refractivity contribution in [3.8, 4) is 0 Å². The van der Waals surface area contributed by atoms with Crippen LogP contribution < -0.4 is 0 Å². The number of para-hydroxylation sites is 1. The van der Waals surface area contributed by atoms with E-state index in [0.717, 1.165) is 48.2 Å². The Morgan fingerprint density at radius 1 is 1.00 bits per heavy atom. The van der Waals surface area contributed by atoms with Crippen LogP contribution in [-0.2, 0) is 13.0 Å². The second-order valence-corrected chi connectivity index (χ2v) is 8.37. The molecule has 5 rings (SSSR count). The molecule has 1 aliphatic rings. The van der Waals surface area contributed by atoms with Crippen molar-refractivity contribution in [2.75, 3.05) is 6.54 Å². The number of furan rings is 1. The molecule has 0 aliphatic heterocycles. The van der Waals surface area contributed by atoms with Gasteiger partial charge in [0.1, 0.15) is 5.58 Å². The zero-order valence-corrected chi connectivity index (χ0v) is 17.7. The van der Waals surface area contributed by atoms with Crippen LogP contribution in [0.3, 0.4) is 0 Å². The Bertz CT molecular complexity index is 1150. The zero-order chi connectivity index (χ0) is 20.3. The zero-order valence-electron chi connectivity index (χ0n) is 17.7. The summed E-state index contributed by atoms with van der Waals surface area (Å²) in [7, 11) is 0. The molecule has 4 heteroatoms. The first-order chi connectivity index (χ1) is 14.8. The highest BCUT2D eigenvalue weighted by Crippen LogP contribution is 2.36. The summed E-state index contributed by atoms with van der Waals surface area (Å²) >= 11 is 0. The highest BCUT2D eigenvalue weighted by molar-refractivity contribution is 6.05. The first kappa shape index (κ1) is 19.3. The molecule has 0 bridgehead atoms.